The summed E-state index contributed by atoms with van der Waals surface area (Å²) in [6, 6.07) is 0.503. The molecule has 0 saturated carbocycles. The highest BCUT2D eigenvalue weighted by Gasteiger charge is 2.54. The van der Waals surface area contributed by atoms with Crippen molar-refractivity contribution in [2.24, 2.45) is 0 Å². The Morgan fingerprint density at radius 2 is 1.71 bits per heavy atom. The Morgan fingerprint density at radius 3 is 2.38 bits per heavy atom. The SMILES string of the molecule is CC(C)(C)N1CCOC2C(CC(C)(C)N3CCOC4NCC43)OC21. The quantitative estimate of drug-likeness (QED) is 0.828. The third-order valence-electron chi connectivity index (χ3n) is 6.16. The molecule has 138 valence electrons. The summed E-state index contributed by atoms with van der Waals surface area (Å²) in [5.41, 5.74) is 0.222. The van der Waals surface area contributed by atoms with Crippen LogP contribution in [-0.2, 0) is 14.2 Å². The molecule has 4 saturated heterocycles. The fourth-order valence-corrected chi connectivity index (χ4v) is 4.73. The van der Waals surface area contributed by atoms with Crippen molar-refractivity contribution >= 4 is 0 Å². The smallest absolute Gasteiger partial charge is 0.140 e. The minimum Gasteiger partial charge on any atom is -0.370 e. The van der Waals surface area contributed by atoms with Gasteiger partial charge in [-0.05, 0) is 41.0 Å². The number of fused-ring (bicyclic) bond motifs is 2. The first kappa shape index (κ1) is 17.2. The van der Waals surface area contributed by atoms with E-state index in [1.807, 2.05) is 0 Å². The van der Waals surface area contributed by atoms with Crippen LogP contribution in [0.25, 0.3) is 0 Å². The molecule has 0 bridgehead atoms. The summed E-state index contributed by atoms with van der Waals surface area (Å²) in [5, 5.41) is 3.37. The molecule has 5 atom stereocenters. The van der Waals surface area contributed by atoms with Gasteiger partial charge in [-0.25, -0.2) is 0 Å². The van der Waals surface area contributed by atoms with Crippen molar-refractivity contribution < 1.29 is 14.2 Å². The molecular weight excluding hydrogens is 306 g/mol. The third-order valence-corrected chi connectivity index (χ3v) is 6.16. The number of nitrogens with zero attached hydrogens (tertiary/aromatic N) is 2. The first-order valence-electron chi connectivity index (χ1n) is 9.43. The molecule has 0 amide bonds. The summed E-state index contributed by atoms with van der Waals surface area (Å²) in [6.45, 7) is 16.1. The highest BCUT2D eigenvalue weighted by molar-refractivity contribution is 5.03. The summed E-state index contributed by atoms with van der Waals surface area (Å²) in [6.07, 6.45) is 1.77. The molecule has 6 nitrogen and oxygen atoms in total. The second kappa shape index (κ2) is 5.89. The molecule has 1 N–H and O–H groups in total. The number of morpholine rings is 2. The molecule has 6 heteroatoms. The summed E-state index contributed by atoms with van der Waals surface area (Å²) < 4.78 is 18.2. The second-order valence-corrected chi connectivity index (χ2v) is 9.24. The van der Waals surface area contributed by atoms with Crippen molar-refractivity contribution in [2.45, 2.75) is 82.8 Å². The van der Waals surface area contributed by atoms with Crippen LogP contribution in [0.5, 0.6) is 0 Å². The van der Waals surface area contributed by atoms with Gasteiger partial charge in [0.15, 0.2) is 0 Å². The molecule has 4 aliphatic heterocycles. The second-order valence-electron chi connectivity index (χ2n) is 9.24. The van der Waals surface area contributed by atoms with Crippen LogP contribution >= 0.6 is 0 Å². The minimum absolute atomic E-state index is 0.0950. The molecule has 0 aromatic carbocycles. The van der Waals surface area contributed by atoms with Crippen molar-refractivity contribution in [3.8, 4) is 0 Å². The van der Waals surface area contributed by atoms with E-state index in [9.17, 15) is 0 Å². The molecule has 0 spiro atoms. The van der Waals surface area contributed by atoms with Crippen molar-refractivity contribution in [3.05, 3.63) is 0 Å². The fraction of sp³-hybridized carbons (Fsp3) is 1.00. The molecular formula is C18H33N3O3. The topological polar surface area (TPSA) is 46.2 Å². The fourth-order valence-electron chi connectivity index (χ4n) is 4.73. The van der Waals surface area contributed by atoms with E-state index < -0.39 is 0 Å². The van der Waals surface area contributed by atoms with Crippen LogP contribution in [0.15, 0.2) is 0 Å². The summed E-state index contributed by atoms with van der Waals surface area (Å²) in [4.78, 5) is 5.06. The van der Waals surface area contributed by atoms with E-state index in [1.165, 1.54) is 0 Å². The Balaban J connectivity index is 1.39. The Morgan fingerprint density at radius 1 is 1.00 bits per heavy atom. The zero-order valence-corrected chi connectivity index (χ0v) is 15.7. The molecule has 4 heterocycles. The molecule has 0 aromatic rings. The van der Waals surface area contributed by atoms with Gasteiger partial charge >= 0.3 is 0 Å². The largest absolute Gasteiger partial charge is 0.370 e. The van der Waals surface area contributed by atoms with Crippen molar-refractivity contribution in [1.29, 1.82) is 0 Å². The predicted octanol–water partition coefficient (Wildman–Crippen LogP) is 1.01. The van der Waals surface area contributed by atoms with Gasteiger partial charge in [0.05, 0.1) is 25.4 Å². The Kier molecular flexibility index (Phi) is 4.22. The van der Waals surface area contributed by atoms with Crippen LogP contribution in [0.4, 0.5) is 0 Å². The molecule has 4 rings (SSSR count). The van der Waals surface area contributed by atoms with E-state index in [-0.39, 0.29) is 35.7 Å². The first-order chi connectivity index (χ1) is 11.3. The number of rotatable bonds is 3. The third kappa shape index (κ3) is 2.81. The lowest BCUT2D eigenvalue weighted by Crippen LogP contribution is -2.75. The zero-order chi connectivity index (χ0) is 17.1. The Bertz CT molecular complexity index is 479. The van der Waals surface area contributed by atoms with Crippen molar-refractivity contribution in [1.82, 2.24) is 15.1 Å². The molecule has 0 aliphatic carbocycles. The molecule has 4 fully saturated rings. The maximum absolute atomic E-state index is 6.32. The number of hydrogen-bond acceptors (Lipinski definition) is 6. The molecule has 4 aliphatic rings. The van der Waals surface area contributed by atoms with E-state index >= 15 is 0 Å². The molecule has 0 aromatic heterocycles. The van der Waals surface area contributed by atoms with Crippen molar-refractivity contribution in [2.75, 3.05) is 32.8 Å². The van der Waals surface area contributed by atoms with Gasteiger partial charge in [-0.1, -0.05) is 0 Å². The highest BCUT2D eigenvalue weighted by Crippen LogP contribution is 2.40. The van der Waals surface area contributed by atoms with Gasteiger partial charge in [0.25, 0.3) is 0 Å². The average Bonchev–Trinajstić information content (AvgIpc) is 2.44. The van der Waals surface area contributed by atoms with Crippen LogP contribution in [0, 0.1) is 0 Å². The van der Waals surface area contributed by atoms with Crippen LogP contribution in [0.3, 0.4) is 0 Å². The van der Waals surface area contributed by atoms with Gasteiger partial charge in [0.1, 0.15) is 18.6 Å². The van der Waals surface area contributed by atoms with E-state index in [0.29, 0.717) is 6.04 Å². The lowest BCUT2D eigenvalue weighted by Gasteiger charge is -2.59. The summed E-state index contributed by atoms with van der Waals surface area (Å²) in [5.74, 6) is 0. The van der Waals surface area contributed by atoms with Crippen LogP contribution in [-0.4, -0.2) is 84.4 Å². The lowest BCUT2D eigenvalue weighted by atomic mass is 9.85. The van der Waals surface area contributed by atoms with Gasteiger partial charge < -0.3 is 14.2 Å². The Labute approximate surface area is 145 Å². The first-order valence-corrected chi connectivity index (χ1v) is 9.43. The number of hydrogen-bond donors (Lipinski definition) is 1. The van der Waals surface area contributed by atoms with E-state index in [1.54, 1.807) is 0 Å². The van der Waals surface area contributed by atoms with Gasteiger partial charge in [0, 0.05) is 30.7 Å². The Hall–Kier alpha value is -0.240. The maximum Gasteiger partial charge on any atom is 0.140 e. The molecule has 0 radical (unpaired) electrons. The van der Waals surface area contributed by atoms with E-state index in [0.717, 1.165) is 39.3 Å². The highest BCUT2D eigenvalue weighted by atomic mass is 16.6. The molecule has 24 heavy (non-hydrogen) atoms. The summed E-state index contributed by atoms with van der Waals surface area (Å²) in [7, 11) is 0. The molecule has 5 unspecified atom stereocenters. The minimum atomic E-state index is 0.0950. The number of ether oxygens (including phenoxy) is 3. The van der Waals surface area contributed by atoms with Gasteiger partial charge in [-0.15, -0.1) is 0 Å². The van der Waals surface area contributed by atoms with Crippen LogP contribution in [0.2, 0.25) is 0 Å². The maximum atomic E-state index is 6.32. The van der Waals surface area contributed by atoms with E-state index in [4.69, 9.17) is 14.2 Å². The summed E-state index contributed by atoms with van der Waals surface area (Å²) >= 11 is 0. The van der Waals surface area contributed by atoms with Gasteiger partial charge in [0.2, 0.25) is 0 Å². The zero-order valence-electron chi connectivity index (χ0n) is 15.7. The van der Waals surface area contributed by atoms with Gasteiger partial charge in [-0.3, -0.25) is 15.1 Å². The van der Waals surface area contributed by atoms with Crippen molar-refractivity contribution in [3.63, 3.8) is 0 Å². The standard InChI is InChI=1S/C18H33N3O3/c1-17(2,3)21-7-8-22-14-13(24-16(14)21)10-18(4,5)20-6-9-23-15-12(20)11-19-15/h12-16,19H,6-11H2,1-5H3. The van der Waals surface area contributed by atoms with Gasteiger partial charge in [-0.2, -0.15) is 0 Å². The van der Waals surface area contributed by atoms with Crippen LogP contribution in [0.1, 0.15) is 41.0 Å². The number of nitrogens with one attached hydrogen (secondary N) is 1. The normalized spacial score (nSPS) is 41.1. The average molecular weight is 339 g/mol. The predicted molar refractivity (Wildman–Crippen MR) is 91.8 cm³/mol. The monoisotopic (exact) mass is 339 g/mol. The van der Waals surface area contributed by atoms with E-state index in [2.05, 4.69) is 49.7 Å². The van der Waals surface area contributed by atoms with Crippen LogP contribution < -0.4 is 5.32 Å². The lowest BCUT2D eigenvalue weighted by molar-refractivity contribution is -0.334.